The maximum absolute atomic E-state index is 12.9. The van der Waals surface area contributed by atoms with E-state index in [1.807, 2.05) is 24.3 Å². The second-order valence-electron chi connectivity index (χ2n) is 7.55. The van der Waals surface area contributed by atoms with Crippen LogP contribution >= 0.6 is 0 Å². The van der Waals surface area contributed by atoms with Crippen LogP contribution < -0.4 is 15.0 Å². The molecule has 2 aromatic heterocycles. The Balaban J connectivity index is 1.35. The van der Waals surface area contributed by atoms with Gasteiger partial charge in [0.1, 0.15) is 5.75 Å². The summed E-state index contributed by atoms with van der Waals surface area (Å²) in [4.78, 5) is 19.5. The molecule has 2 aliphatic heterocycles. The van der Waals surface area contributed by atoms with Gasteiger partial charge in [-0.1, -0.05) is 18.2 Å². The topological polar surface area (TPSA) is 92.0 Å². The zero-order valence-electron chi connectivity index (χ0n) is 16.0. The molecule has 3 aromatic rings. The molecule has 1 atom stereocenters. The number of nitrogens with zero attached hydrogens (tertiary/aromatic N) is 4. The number of carbonyl (C=O) groups excluding carboxylic acids is 1. The molecule has 1 saturated heterocycles. The molecule has 0 spiro atoms. The van der Waals surface area contributed by atoms with Gasteiger partial charge in [-0.15, -0.1) is 5.10 Å². The molecular formula is C21H23N5O3. The van der Waals surface area contributed by atoms with Gasteiger partial charge in [0.05, 0.1) is 18.8 Å². The first-order chi connectivity index (χ1) is 14.2. The van der Waals surface area contributed by atoms with Crippen LogP contribution in [0.2, 0.25) is 0 Å². The Labute approximate surface area is 168 Å². The van der Waals surface area contributed by atoms with Gasteiger partial charge in [-0.05, 0) is 31.0 Å². The number of piperidine rings is 1. The molecule has 1 aromatic carbocycles. The van der Waals surface area contributed by atoms with E-state index in [9.17, 15) is 9.90 Å². The van der Waals surface area contributed by atoms with Crippen molar-refractivity contribution in [3.8, 4) is 5.75 Å². The standard InChI is InChI=1S/C21H23N5O3/c27-15-6-9-25(10-7-15)21-23-19-13-14(5-11-26(19)24-21)20(28)22-17-8-12-29-18-4-2-1-3-16(17)18/h1-5,11,13,15,17,27H,6-10,12H2,(H,22,28). The van der Waals surface area contributed by atoms with Crippen LogP contribution in [0, 0.1) is 0 Å². The molecule has 0 bridgehead atoms. The van der Waals surface area contributed by atoms with Crippen LogP contribution in [0.5, 0.6) is 5.75 Å². The number of ether oxygens (including phenoxy) is 1. The van der Waals surface area contributed by atoms with Crippen LogP contribution in [0.25, 0.3) is 5.65 Å². The molecule has 4 heterocycles. The van der Waals surface area contributed by atoms with Gasteiger partial charge in [-0.3, -0.25) is 4.79 Å². The fourth-order valence-electron chi connectivity index (χ4n) is 3.94. The number of benzene rings is 1. The van der Waals surface area contributed by atoms with Crippen molar-refractivity contribution in [1.82, 2.24) is 19.9 Å². The molecule has 150 valence electrons. The maximum Gasteiger partial charge on any atom is 0.251 e. The van der Waals surface area contributed by atoms with Crippen LogP contribution in [-0.4, -0.2) is 51.4 Å². The highest BCUT2D eigenvalue weighted by Crippen LogP contribution is 2.31. The zero-order valence-corrected chi connectivity index (χ0v) is 16.0. The number of para-hydroxylation sites is 1. The highest BCUT2D eigenvalue weighted by Gasteiger charge is 2.24. The van der Waals surface area contributed by atoms with E-state index in [1.165, 1.54) is 0 Å². The van der Waals surface area contributed by atoms with Crippen molar-refractivity contribution < 1.29 is 14.6 Å². The minimum atomic E-state index is -0.242. The maximum atomic E-state index is 12.9. The van der Waals surface area contributed by atoms with Gasteiger partial charge in [0.25, 0.3) is 5.91 Å². The summed E-state index contributed by atoms with van der Waals surface area (Å²) in [5, 5.41) is 17.3. The summed E-state index contributed by atoms with van der Waals surface area (Å²) >= 11 is 0. The number of carbonyl (C=O) groups is 1. The van der Waals surface area contributed by atoms with Gasteiger partial charge < -0.3 is 20.1 Å². The van der Waals surface area contributed by atoms with E-state index < -0.39 is 0 Å². The molecule has 1 amide bonds. The number of aliphatic hydroxyl groups excluding tert-OH is 1. The predicted octanol–water partition coefficient (Wildman–Crippen LogP) is 1.94. The Morgan fingerprint density at radius 3 is 2.86 bits per heavy atom. The summed E-state index contributed by atoms with van der Waals surface area (Å²) in [7, 11) is 0. The summed E-state index contributed by atoms with van der Waals surface area (Å²) in [6, 6.07) is 11.2. The lowest BCUT2D eigenvalue weighted by Crippen LogP contribution is -2.36. The molecular weight excluding hydrogens is 370 g/mol. The highest BCUT2D eigenvalue weighted by molar-refractivity contribution is 5.95. The Bertz CT molecular complexity index is 1040. The Morgan fingerprint density at radius 1 is 1.17 bits per heavy atom. The first kappa shape index (κ1) is 17.9. The number of pyridine rings is 1. The van der Waals surface area contributed by atoms with E-state index in [-0.39, 0.29) is 18.1 Å². The van der Waals surface area contributed by atoms with E-state index in [2.05, 4.69) is 20.3 Å². The van der Waals surface area contributed by atoms with Gasteiger partial charge in [-0.25, -0.2) is 4.52 Å². The first-order valence-corrected chi connectivity index (χ1v) is 9.99. The minimum Gasteiger partial charge on any atom is -0.493 e. The quantitative estimate of drug-likeness (QED) is 0.707. The Morgan fingerprint density at radius 2 is 2.00 bits per heavy atom. The third-order valence-corrected chi connectivity index (χ3v) is 5.60. The lowest BCUT2D eigenvalue weighted by molar-refractivity contribution is 0.0924. The van der Waals surface area contributed by atoms with Crippen LogP contribution in [0.3, 0.4) is 0 Å². The number of hydrogen-bond acceptors (Lipinski definition) is 6. The Kier molecular flexibility index (Phi) is 4.55. The summed E-state index contributed by atoms with van der Waals surface area (Å²) in [6.45, 7) is 2.04. The van der Waals surface area contributed by atoms with Crippen molar-refractivity contribution in [2.24, 2.45) is 0 Å². The molecule has 0 radical (unpaired) electrons. The van der Waals surface area contributed by atoms with Gasteiger partial charge in [0, 0.05) is 36.8 Å². The fourth-order valence-corrected chi connectivity index (χ4v) is 3.94. The molecule has 8 heteroatoms. The number of aliphatic hydroxyl groups is 1. The third kappa shape index (κ3) is 3.51. The molecule has 1 unspecified atom stereocenters. The van der Waals surface area contributed by atoms with Crippen molar-refractivity contribution in [1.29, 1.82) is 0 Å². The number of hydrogen-bond donors (Lipinski definition) is 2. The number of rotatable bonds is 3. The van der Waals surface area contributed by atoms with Crippen LogP contribution in [0.1, 0.15) is 41.2 Å². The van der Waals surface area contributed by atoms with Crippen LogP contribution in [-0.2, 0) is 0 Å². The molecule has 0 saturated carbocycles. The predicted molar refractivity (Wildman–Crippen MR) is 107 cm³/mol. The third-order valence-electron chi connectivity index (χ3n) is 5.60. The van der Waals surface area contributed by atoms with Crippen molar-refractivity contribution in [3.05, 3.63) is 53.7 Å². The SMILES string of the molecule is O=C(NC1CCOc2ccccc21)c1ccn2nc(N3CCC(O)CC3)nc2c1. The van der Waals surface area contributed by atoms with Gasteiger partial charge >= 0.3 is 0 Å². The molecule has 2 aliphatic rings. The van der Waals surface area contributed by atoms with E-state index in [0.29, 0.717) is 23.8 Å². The zero-order chi connectivity index (χ0) is 19.8. The van der Waals surface area contributed by atoms with Gasteiger partial charge in [0.2, 0.25) is 5.95 Å². The fraction of sp³-hybridized carbons (Fsp3) is 0.381. The summed E-state index contributed by atoms with van der Waals surface area (Å²) in [5.41, 5.74) is 2.19. The van der Waals surface area contributed by atoms with E-state index in [0.717, 1.165) is 43.7 Å². The van der Waals surface area contributed by atoms with Crippen LogP contribution in [0.15, 0.2) is 42.6 Å². The minimum absolute atomic E-state index is 0.0723. The number of aromatic nitrogens is 3. The average molecular weight is 393 g/mol. The summed E-state index contributed by atoms with van der Waals surface area (Å²) in [6.07, 6.45) is 3.69. The molecule has 8 nitrogen and oxygen atoms in total. The second kappa shape index (κ2) is 7.36. The molecule has 0 aliphatic carbocycles. The summed E-state index contributed by atoms with van der Waals surface area (Å²) in [5.74, 6) is 1.32. The number of amides is 1. The van der Waals surface area contributed by atoms with Gasteiger partial charge in [-0.2, -0.15) is 4.98 Å². The lowest BCUT2D eigenvalue weighted by Gasteiger charge is -2.28. The van der Waals surface area contributed by atoms with Crippen LogP contribution in [0.4, 0.5) is 5.95 Å². The average Bonchev–Trinajstić information content (AvgIpc) is 3.18. The number of nitrogens with one attached hydrogen (secondary N) is 1. The number of fused-ring (bicyclic) bond motifs is 2. The van der Waals surface area contributed by atoms with E-state index >= 15 is 0 Å². The normalized spacial score (nSPS) is 19.6. The molecule has 2 N–H and O–H groups in total. The lowest BCUT2D eigenvalue weighted by atomic mass is 10.0. The molecule has 1 fully saturated rings. The monoisotopic (exact) mass is 393 g/mol. The van der Waals surface area contributed by atoms with Crippen molar-refractivity contribution >= 4 is 17.5 Å². The van der Waals surface area contributed by atoms with E-state index in [4.69, 9.17) is 4.74 Å². The van der Waals surface area contributed by atoms with Crippen molar-refractivity contribution in [3.63, 3.8) is 0 Å². The highest BCUT2D eigenvalue weighted by atomic mass is 16.5. The molecule has 29 heavy (non-hydrogen) atoms. The van der Waals surface area contributed by atoms with Gasteiger partial charge in [0.15, 0.2) is 5.65 Å². The van der Waals surface area contributed by atoms with Crippen molar-refractivity contribution in [2.75, 3.05) is 24.6 Å². The largest absolute Gasteiger partial charge is 0.493 e. The first-order valence-electron chi connectivity index (χ1n) is 9.99. The van der Waals surface area contributed by atoms with E-state index in [1.54, 1.807) is 22.8 Å². The smallest absolute Gasteiger partial charge is 0.251 e. The second-order valence-corrected chi connectivity index (χ2v) is 7.55. The Hall–Kier alpha value is -3.13. The van der Waals surface area contributed by atoms with Crippen molar-refractivity contribution in [2.45, 2.75) is 31.4 Å². The summed E-state index contributed by atoms with van der Waals surface area (Å²) < 4.78 is 7.35. The number of anilines is 1. The molecule has 5 rings (SSSR count).